The zero-order valence-electron chi connectivity index (χ0n) is 12.1. The van der Waals surface area contributed by atoms with Crippen LogP contribution in [0.3, 0.4) is 0 Å². The average Bonchev–Trinajstić information content (AvgIpc) is 2.98. The molecule has 0 aromatic heterocycles. The van der Waals surface area contributed by atoms with Gasteiger partial charge in [0.1, 0.15) is 0 Å². The van der Waals surface area contributed by atoms with Crippen molar-refractivity contribution in [2.45, 2.75) is 25.3 Å². The average molecular weight is 301 g/mol. The Morgan fingerprint density at radius 2 is 1.86 bits per heavy atom. The lowest BCUT2D eigenvalue weighted by Crippen LogP contribution is -2.36. The van der Waals surface area contributed by atoms with Crippen LogP contribution in [-0.4, -0.2) is 23.4 Å². The van der Waals surface area contributed by atoms with Crippen LogP contribution in [0.2, 0.25) is 0 Å². The molecule has 2 aromatic carbocycles. The van der Waals surface area contributed by atoms with Gasteiger partial charge in [-0.05, 0) is 43.0 Å². The predicted molar refractivity (Wildman–Crippen MR) is 80.6 cm³/mol. The molecule has 0 N–H and O–H groups in total. The molecule has 0 spiro atoms. The number of hydrogen-bond donors (Lipinski definition) is 0. The Kier molecular flexibility index (Phi) is 4.18. The van der Waals surface area contributed by atoms with Gasteiger partial charge in [0.15, 0.2) is 11.6 Å². The molecule has 1 fully saturated rings. The lowest BCUT2D eigenvalue weighted by atomic mass is 10.0. The molecule has 1 aliphatic rings. The lowest BCUT2D eigenvalue weighted by Gasteiger charge is -2.25. The van der Waals surface area contributed by atoms with Crippen LogP contribution in [-0.2, 0) is 6.42 Å². The number of amides is 1. The Bertz CT molecular complexity index is 672. The third-order valence-corrected chi connectivity index (χ3v) is 4.12. The molecule has 4 heteroatoms. The van der Waals surface area contributed by atoms with Crippen LogP contribution in [0.4, 0.5) is 8.78 Å². The standard InChI is InChI=1S/C18H17F2NO/c19-16-9-8-14(12-17(16)20)18(22)21-10-4-7-15(21)11-13-5-2-1-3-6-13/h1-3,5-6,8-9,12,15H,4,7,10-11H2. The SMILES string of the molecule is O=C(c1ccc(F)c(F)c1)N1CCCC1Cc1ccccc1. The monoisotopic (exact) mass is 301 g/mol. The van der Waals surface area contributed by atoms with Gasteiger partial charge in [0.25, 0.3) is 5.91 Å². The Labute approximate surface area is 128 Å². The fraction of sp³-hybridized carbons (Fsp3) is 0.278. The molecular weight excluding hydrogens is 284 g/mol. The number of nitrogens with zero attached hydrogens (tertiary/aromatic N) is 1. The van der Waals surface area contributed by atoms with Crippen molar-refractivity contribution < 1.29 is 13.6 Å². The third kappa shape index (κ3) is 3.01. The predicted octanol–water partition coefficient (Wildman–Crippen LogP) is 3.81. The first-order valence-corrected chi connectivity index (χ1v) is 7.45. The van der Waals surface area contributed by atoms with Crippen LogP contribution in [0.1, 0.15) is 28.8 Å². The molecule has 2 nitrogen and oxygen atoms in total. The van der Waals surface area contributed by atoms with Crippen LogP contribution >= 0.6 is 0 Å². The molecule has 1 aliphatic heterocycles. The van der Waals surface area contributed by atoms with Gasteiger partial charge in [-0.2, -0.15) is 0 Å². The molecule has 1 saturated heterocycles. The van der Waals surface area contributed by atoms with Crippen molar-refractivity contribution in [1.82, 2.24) is 4.90 Å². The Morgan fingerprint density at radius 1 is 1.09 bits per heavy atom. The number of halogens is 2. The van der Waals surface area contributed by atoms with Crippen LogP contribution in [0.15, 0.2) is 48.5 Å². The second-order valence-electron chi connectivity index (χ2n) is 5.61. The van der Waals surface area contributed by atoms with E-state index in [4.69, 9.17) is 0 Å². The van der Waals surface area contributed by atoms with Gasteiger partial charge in [0.2, 0.25) is 0 Å². The summed E-state index contributed by atoms with van der Waals surface area (Å²) in [6, 6.07) is 13.4. The summed E-state index contributed by atoms with van der Waals surface area (Å²) >= 11 is 0. The van der Waals surface area contributed by atoms with Gasteiger partial charge in [0.05, 0.1) is 0 Å². The van der Waals surface area contributed by atoms with E-state index in [0.717, 1.165) is 31.4 Å². The quantitative estimate of drug-likeness (QED) is 0.844. The fourth-order valence-electron chi connectivity index (χ4n) is 3.00. The van der Waals surface area contributed by atoms with E-state index in [2.05, 4.69) is 0 Å². The van der Waals surface area contributed by atoms with Crippen LogP contribution < -0.4 is 0 Å². The normalized spacial score (nSPS) is 17.7. The Hall–Kier alpha value is -2.23. The fourth-order valence-corrected chi connectivity index (χ4v) is 3.00. The van der Waals surface area contributed by atoms with E-state index in [0.29, 0.717) is 6.54 Å². The molecule has 1 heterocycles. The number of benzene rings is 2. The van der Waals surface area contributed by atoms with Crippen molar-refractivity contribution in [3.05, 3.63) is 71.3 Å². The van der Waals surface area contributed by atoms with Gasteiger partial charge in [-0.3, -0.25) is 4.79 Å². The highest BCUT2D eigenvalue weighted by atomic mass is 19.2. The van der Waals surface area contributed by atoms with Crippen LogP contribution in [0.5, 0.6) is 0 Å². The minimum Gasteiger partial charge on any atom is -0.335 e. The first-order valence-electron chi connectivity index (χ1n) is 7.45. The van der Waals surface area contributed by atoms with E-state index < -0.39 is 11.6 Å². The van der Waals surface area contributed by atoms with Gasteiger partial charge < -0.3 is 4.90 Å². The molecule has 0 bridgehead atoms. The first kappa shape index (κ1) is 14.7. The summed E-state index contributed by atoms with van der Waals surface area (Å²) in [6.45, 7) is 0.662. The highest BCUT2D eigenvalue weighted by Crippen LogP contribution is 2.24. The molecule has 3 rings (SSSR count). The van der Waals surface area contributed by atoms with Crippen LogP contribution in [0.25, 0.3) is 0 Å². The number of hydrogen-bond acceptors (Lipinski definition) is 1. The molecule has 0 saturated carbocycles. The summed E-state index contributed by atoms with van der Waals surface area (Å²) in [5.41, 5.74) is 1.39. The maximum absolute atomic E-state index is 13.3. The molecule has 1 amide bonds. The van der Waals surface area contributed by atoms with E-state index in [9.17, 15) is 13.6 Å². The van der Waals surface area contributed by atoms with Crippen molar-refractivity contribution in [1.29, 1.82) is 0 Å². The zero-order valence-corrected chi connectivity index (χ0v) is 12.1. The summed E-state index contributed by atoms with van der Waals surface area (Å²) in [7, 11) is 0. The first-order chi connectivity index (χ1) is 10.6. The van der Waals surface area contributed by atoms with E-state index >= 15 is 0 Å². The summed E-state index contributed by atoms with van der Waals surface area (Å²) in [4.78, 5) is 14.3. The number of carbonyl (C=O) groups excluding carboxylic acids is 1. The van der Waals surface area contributed by atoms with Crippen LogP contribution in [0, 0.1) is 11.6 Å². The second-order valence-corrected chi connectivity index (χ2v) is 5.61. The summed E-state index contributed by atoms with van der Waals surface area (Å²) in [5.74, 6) is -2.14. The van der Waals surface area contributed by atoms with Crippen molar-refractivity contribution in [3.63, 3.8) is 0 Å². The third-order valence-electron chi connectivity index (χ3n) is 4.12. The second kappa shape index (κ2) is 6.26. The van der Waals surface area contributed by atoms with Gasteiger partial charge in [-0.25, -0.2) is 8.78 Å². The molecule has 22 heavy (non-hydrogen) atoms. The minimum absolute atomic E-state index is 0.114. The van der Waals surface area contributed by atoms with E-state index in [1.54, 1.807) is 4.90 Å². The van der Waals surface area contributed by atoms with Crippen molar-refractivity contribution in [2.75, 3.05) is 6.54 Å². The minimum atomic E-state index is -0.982. The Morgan fingerprint density at radius 3 is 2.59 bits per heavy atom. The lowest BCUT2D eigenvalue weighted by molar-refractivity contribution is 0.0736. The van der Waals surface area contributed by atoms with E-state index in [1.165, 1.54) is 11.6 Å². The van der Waals surface area contributed by atoms with Gasteiger partial charge in [-0.1, -0.05) is 30.3 Å². The largest absolute Gasteiger partial charge is 0.335 e. The maximum Gasteiger partial charge on any atom is 0.254 e. The molecule has 0 aliphatic carbocycles. The molecule has 1 unspecified atom stereocenters. The van der Waals surface area contributed by atoms with Gasteiger partial charge in [-0.15, -0.1) is 0 Å². The molecule has 2 aromatic rings. The highest BCUT2D eigenvalue weighted by molar-refractivity contribution is 5.94. The molecule has 1 atom stereocenters. The molecule has 114 valence electrons. The smallest absolute Gasteiger partial charge is 0.254 e. The molecule has 0 radical (unpaired) electrons. The topological polar surface area (TPSA) is 20.3 Å². The summed E-state index contributed by atoms with van der Waals surface area (Å²) in [5, 5.41) is 0. The highest BCUT2D eigenvalue weighted by Gasteiger charge is 2.29. The molecular formula is C18H17F2NO. The number of carbonyl (C=O) groups is 1. The zero-order chi connectivity index (χ0) is 15.5. The Balaban J connectivity index is 1.77. The maximum atomic E-state index is 13.3. The van der Waals surface area contributed by atoms with Crippen molar-refractivity contribution >= 4 is 5.91 Å². The van der Waals surface area contributed by atoms with E-state index in [-0.39, 0.29) is 17.5 Å². The summed E-state index contributed by atoms with van der Waals surface area (Å²) < 4.78 is 26.3. The van der Waals surface area contributed by atoms with Crippen molar-refractivity contribution in [2.24, 2.45) is 0 Å². The van der Waals surface area contributed by atoms with Gasteiger partial charge in [0, 0.05) is 18.2 Å². The van der Waals surface area contributed by atoms with E-state index in [1.807, 2.05) is 30.3 Å². The van der Waals surface area contributed by atoms with Gasteiger partial charge >= 0.3 is 0 Å². The number of likely N-dealkylation sites (tertiary alicyclic amines) is 1. The van der Waals surface area contributed by atoms with Crippen molar-refractivity contribution in [3.8, 4) is 0 Å². The number of rotatable bonds is 3. The summed E-state index contributed by atoms with van der Waals surface area (Å²) in [6.07, 6.45) is 2.66.